The maximum absolute atomic E-state index is 6.53. The van der Waals surface area contributed by atoms with E-state index in [1.54, 1.807) is 0 Å². The predicted octanol–water partition coefficient (Wildman–Crippen LogP) is 8.09. The molecule has 204 valence electrons. The summed E-state index contributed by atoms with van der Waals surface area (Å²) in [7, 11) is -0.351. The lowest BCUT2D eigenvalue weighted by Gasteiger charge is -2.32. The second-order valence-corrected chi connectivity index (χ2v) is 13.4. The van der Waals surface area contributed by atoms with Gasteiger partial charge in [0, 0.05) is 0 Å². The molecule has 3 aliphatic carbocycles. The van der Waals surface area contributed by atoms with Crippen LogP contribution in [0.1, 0.15) is 61.1 Å². The average Bonchev–Trinajstić information content (AvgIpc) is 3.56. The fraction of sp³-hybridized carbons (Fsp3) is 0.231. The molecule has 1 heterocycles. The second-order valence-electron chi connectivity index (χ2n) is 13.4. The van der Waals surface area contributed by atoms with Crippen LogP contribution < -0.4 is 5.46 Å². The van der Waals surface area contributed by atoms with Crippen molar-refractivity contribution in [3.8, 4) is 33.4 Å². The lowest BCUT2D eigenvalue weighted by Crippen LogP contribution is -2.41. The third kappa shape index (κ3) is 2.88. The van der Waals surface area contributed by atoms with Gasteiger partial charge in [-0.2, -0.15) is 0 Å². The smallest absolute Gasteiger partial charge is 0.399 e. The molecule has 3 heteroatoms. The van der Waals surface area contributed by atoms with Crippen LogP contribution in [0.4, 0.5) is 0 Å². The third-order valence-corrected chi connectivity index (χ3v) is 10.9. The van der Waals surface area contributed by atoms with Crippen LogP contribution >= 0.6 is 0 Å². The Morgan fingerprint density at radius 1 is 0.476 bits per heavy atom. The summed E-state index contributed by atoms with van der Waals surface area (Å²) in [5, 5.41) is 0. The summed E-state index contributed by atoms with van der Waals surface area (Å²) in [6.45, 7) is 8.53. The van der Waals surface area contributed by atoms with E-state index in [0.717, 1.165) is 12.8 Å². The van der Waals surface area contributed by atoms with Gasteiger partial charge in [-0.1, -0.05) is 103 Å². The minimum absolute atomic E-state index is 0.293. The van der Waals surface area contributed by atoms with Crippen molar-refractivity contribution >= 4 is 12.6 Å². The van der Waals surface area contributed by atoms with Crippen molar-refractivity contribution in [1.29, 1.82) is 0 Å². The van der Waals surface area contributed by atoms with E-state index >= 15 is 0 Å². The molecule has 0 radical (unpaired) electrons. The number of fused-ring (bicyclic) bond motifs is 14. The molecule has 42 heavy (non-hydrogen) atoms. The van der Waals surface area contributed by atoms with Crippen LogP contribution in [0.2, 0.25) is 0 Å². The Labute approximate surface area is 248 Å². The molecular formula is C39H33BO2. The lowest BCUT2D eigenvalue weighted by molar-refractivity contribution is 0.00578. The van der Waals surface area contributed by atoms with Gasteiger partial charge < -0.3 is 9.31 Å². The topological polar surface area (TPSA) is 18.5 Å². The van der Waals surface area contributed by atoms with E-state index < -0.39 is 0 Å². The van der Waals surface area contributed by atoms with E-state index in [1.807, 2.05) is 0 Å². The highest BCUT2D eigenvalue weighted by molar-refractivity contribution is 6.62. The maximum Gasteiger partial charge on any atom is 0.495 e. The Kier molecular flexibility index (Phi) is 4.77. The largest absolute Gasteiger partial charge is 0.495 e. The second kappa shape index (κ2) is 8.13. The molecule has 0 atom stereocenters. The Bertz CT molecular complexity index is 1900. The van der Waals surface area contributed by atoms with Gasteiger partial charge in [0.05, 0.1) is 16.6 Å². The molecule has 0 N–H and O–H groups in total. The van der Waals surface area contributed by atoms with Crippen molar-refractivity contribution < 1.29 is 9.31 Å². The van der Waals surface area contributed by atoms with Gasteiger partial charge in [-0.15, -0.1) is 0 Å². The van der Waals surface area contributed by atoms with Gasteiger partial charge in [-0.05, 0) is 113 Å². The Morgan fingerprint density at radius 3 is 1.62 bits per heavy atom. The standard InChI is InChI=1S/C39H33BO2/c1-37(2)38(3,4)42-40(41-37)35-19-11-15-24-25-22-23-34-36(29(25)21-20-28(24)35)30-14-7-10-18-33(30)39(34)31-16-8-5-12-26(31)27-13-6-9-17-32(27)39/h5-19,22-23H,20-21H2,1-4H3. The molecule has 0 saturated carbocycles. The fourth-order valence-corrected chi connectivity index (χ4v) is 8.35. The molecule has 1 saturated heterocycles. The summed E-state index contributed by atoms with van der Waals surface area (Å²) < 4.78 is 13.1. The van der Waals surface area contributed by atoms with Crippen molar-refractivity contribution in [3.63, 3.8) is 0 Å². The summed E-state index contributed by atoms with van der Waals surface area (Å²) in [6.07, 6.45) is 1.97. The quantitative estimate of drug-likeness (QED) is 0.195. The van der Waals surface area contributed by atoms with Gasteiger partial charge in [0.1, 0.15) is 0 Å². The van der Waals surface area contributed by atoms with Crippen molar-refractivity contribution in [1.82, 2.24) is 0 Å². The van der Waals surface area contributed by atoms with Crippen LogP contribution in [0.15, 0.2) is 103 Å². The highest BCUT2D eigenvalue weighted by atomic mass is 16.7. The lowest BCUT2D eigenvalue weighted by atomic mass is 9.68. The molecule has 1 fully saturated rings. The SMILES string of the molecule is CC1(C)OB(c2cccc3c2CCc2c-3ccc3c2-c2ccccc2C32c3ccccc3-c3ccccc32)OC1(C)C. The molecule has 0 bridgehead atoms. The number of hydrogen-bond donors (Lipinski definition) is 0. The molecule has 1 aliphatic heterocycles. The molecule has 0 amide bonds. The van der Waals surface area contributed by atoms with Crippen molar-refractivity contribution in [3.05, 3.63) is 137 Å². The summed E-state index contributed by atoms with van der Waals surface area (Å²) in [5.41, 5.74) is 16.8. The minimum Gasteiger partial charge on any atom is -0.399 e. The molecule has 5 aromatic rings. The van der Waals surface area contributed by atoms with Crippen molar-refractivity contribution in [2.45, 2.75) is 57.2 Å². The van der Waals surface area contributed by atoms with E-state index in [1.165, 1.54) is 72.2 Å². The van der Waals surface area contributed by atoms with Gasteiger partial charge >= 0.3 is 7.12 Å². The number of rotatable bonds is 1. The Balaban J connectivity index is 1.28. The zero-order valence-electron chi connectivity index (χ0n) is 24.6. The zero-order chi connectivity index (χ0) is 28.4. The van der Waals surface area contributed by atoms with Gasteiger partial charge in [0.15, 0.2) is 0 Å². The normalized spacial score (nSPS) is 19.1. The first-order valence-electron chi connectivity index (χ1n) is 15.3. The summed E-state index contributed by atoms with van der Waals surface area (Å²) in [4.78, 5) is 0. The maximum atomic E-state index is 6.53. The summed E-state index contributed by atoms with van der Waals surface area (Å²) >= 11 is 0. The monoisotopic (exact) mass is 544 g/mol. The summed E-state index contributed by atoms with van der Waals surface area (Å²) in [6, 6.07) is 38.7. The zero-order valence-corrected chi connectivity index (χ0v) is 24.6. The Morgan fingerprint density at radius 2 is 0.976 bits per heavy atom. The van der Waals surface area contributed by atoms with Gasteiger partial charge in [-0.3, -0.25) is 0 Å². The molecule has 2 nitrogen and oxygen atoms in total. The van der Waals surface area contributed by atoms with Crippen LogP contribution in [0.5, 0.6) is 0 Å². The van der Waals surface area contributed by atoms with Crippen LogP contribution in [-0.2, 0) is 27.6 Å². The van der Waals surface area contributed by atoms with Gasteiger partial charge in [-0.25, -0.2) is 0 Å². The van der Waals surface area contributed by atoms with E-state index in [0.29, 0.717) is 0 Å². The third-order valence-electron chi connectivity index (χ3n) is 10.9. The first-order valence-corrected chi connectivity index (χ1v) is 15.3. The van der Waals surface area contributed by atoms with E-state index in [9.17, 15) is 0 Å². The molecule has 9 rings (SSSR count). The fourth-order valence-electron chi connectivity index (χ4n) is 8.35. The first kappa shape index (κ1) is 24.7. The van der Waals surface area contributed by atoms with Crippen molar-refractivity contribution in [2.75, 3.05) is 0 Å². The van der Waals surface area contributed by atoms with Gasteiger partial charge in [0.25, 0.3) is 0 Å². The number of benzene rings is 5. The molecular weight excluding hydrogens is 511 g/mol. The van der Waals surface area contributed by atoms with Gasteiger partial charge in [0.2, 0.25) is 0 Å². The van der Waals surface area contributed by atoms with Crippen LogP contribution in [0, 0.1) is 0 Å². The highest BCUT2D eigenvalue weighted by Crippen LogP contribution is 2.64. The molecule has 0 aromatic heterocycles. The molecule has 0 unspecified atom stereocenters. The van der Waals surface area contributed by atoms with Crippen LogP contribution in [0.25, 0.3) is 33.4 Å². The average molecular weight is 545 g/mol. The first-order chi connectivity index (χ1) is 20.3. The summed E-state index contributed by atoms with van der Waals surface area (Å²) in [5.74, 6) is 0. The van der Waals surface area contributed by atoms with E-state index in [2.05, 4.69) is 131 Å². The minimum atomic E-state index is -0.361. The van der Waals surface area contributed by atoms with Crippen LogP contribution in [0.3, 0.4) is 0 Å². The number of hydrogen-bond acceptors (Lipinski definition) is 2. The predicted molar refractivity (Wildman–Crippen MR) is 171 cm³/mol. The molecule has 5 aromatic carbocycles. The van der Waals surface area contributed by atoms with E-state index in [-0.39, 0.29) is 23.7 Å². The van der Waals surface area contributed by atoms with Crippen molar-refractivity contribution in [2.24, 2.45) is 0 Å². The Hall–Kier alpha value is -3.92. The van der Waals surface area contributed by atoms with E-state index in [4.69, 9.17) is 9.31 Å². The highest BCUT2D eigenvalue weighted by Gasteiger charge is 2.54. The molecule has 1 spiro atoms. The molecule has 4 aliphatic rings. The van der Waals surface area contributed by atoms with Crippen LogP contribution in [-0.4, -0.2) is 18.3 Å².